The highest BCUT2D eigenvalue weighted by Gasteiger charge is 2.43. The van der Waals surface area contributed by atoms with Crippen molar-refractivity contribution in [2.75, 3.05) is 0 Å². The summed E-state index contributed by atoms with van der Waals surface area (Å²) >= 11 is 0. The number of rotatable bonds is 3. The Kier molecular flexibility index (Phi) is 5.32. The van der Waals surface area contributed by atoms with Crippen LogP contribution in [-0.4, -0.2) is 23.9 Å². The molecule has 0 radical (unpaired) electrons. The van der Waals surface area contributed by atoms with Gasteiger partial charge in [-0.3, -0.25) is 0 Å². The summed E-state index contributed by atoms with van der Waals surface area (Å²) < 4.78 is 5.28. The zero-order valence-corrected chi connectivity index (χ0v) is 28.8. The first-order valence-electron chi connectivity index (χ1n) is 17.4. The quantitative estimate of drug-likeness (QED) is 0.171. The number of aromatic nitrogens is 2. The molecule has 4 heterocycles. The number of nitrogens with zero attached hydrogens (tertiary/aromatic N) is 2. The molecule has 0 amide bonds. The highest BCUT2D eigenvalue weighted by atomic mass is 28.3. The molecule has 2 aliphatic rings. The lowest BCUT2D eigenvalue weighted by Gasteiger charge is -2.36. The van der Waals surface area contributed by atoms with Gasteiger partial charge in [-0.2, -0.15) is 0 Å². The third-order valence-electron chi connectivity index (χ3n) is 11.2. The average Bonchev–Trinajstić information content (AvgIpc) is 3.66. The van der Waals surface area contributed by atoms with Gasteiger partial charge in [0.1, 0.15) is 0 Å². The molecule has 0 saturated carbocycles. The summed E-state index contributed by atoms with van der Waals surface area (Å²) in [5, 5.41) is 8.10. The van der Waals surface area contributed by atoms with Crippen molar-refractivity contribution in [3.05, 3.63) is 146 Å². The number of hydrogen-bond acceptors (Lipinski definition) is 0. The third-order valence-corrected chi connectivity index (χ3v) is 13.2. The Balaban J connectivity index is 1.45. The molecule has 0 aliphatic carbocycles. The Morgan fingerprint density at radius 2 is 1.12 bits per heavy atom. The minimum absolute atomic E-state index is 0.101. The van der Waals surface area contributed by atoms with E-state index in [1.165, 1.54) is 98.8 Å². The van der Waals surface area contributed by atoms with Crippen molar-refractivity contribution in [1.29, 1.82) is 0 Å². The lowest BCUT2D eigenvalue weighted by molar-refractivity contribution is 1.12. The van der Waals surface area contributed by atoms with Gasteiger partial charge in [0, 0.05) is 38.6 Å². The fourth-order valence-corrected chi connectivity index (χ4v) is 10.3. The van der Waals surface area contributed by atoms with Crippen LogP contribution >= 0.6 is 0 Å². The number of para-hydroxylation sites is 2. The molecule has 11 rings (SSSR count). The molecule has 7 aromatic carbocycles. The van der Waals surface area contributed by atoms with Crippen molar-refractivity contribution < 1.29 is 0 Å². The summed E-state index contributed by atoms with van der Waals surface area (Å²) in [6.07, 6.45) is 0. The normalized spacial score (nSPS) is 13.2. The second kappa shape index (κ2) is 9.52. The predicted octanol–water partition coefficient (Wildman–Crippen LogP) is 8.90. The highest BCUT2D eigenvalue weighted by Crippen LogP contribution is 2.46. The molecule has 230 valence electrons. The first kappa shape index (κ1) is 27.4. The minimum Gasteiger partial charge on any atom is -0.310 e. The number of benzene rings is 7. The van der Waals surface area contributed by atoms with Crippen LogP contribution in [0.4, 0.5) is 0 Å². The van der Waals surface area contributed by atoms with Gasteiger partial charge in [-0.15, -0.1) is 0 Å². The SMILES string of the molecule is C[Si](C)(C)c1cc2c3c(c1)-n1c4ccccc4c4cccc(c41)B3c1c3ccccc3cc3c(-c4ccccc4)c(-c4ccccc4)n-2c13. The van der Waals surface area contributed by atoms with Crippen LogP contribution in [0.25, 0.3) is 77.2 Å². The Morgan fingerprint density at radius 1 is 0.490 bits per heavy atom. The molecule has 0 spiro atoms. The summed E-state index contributed by atoms with van der Waals surface area (Å²) in [7, 11) is -1.76. The lowest BCUT2D eigenvalue weighted by atomic mass is 9.33. The van der Waals surface area contributed by atoms with Crippen LogP contribution in [-0.2, 0) is 0 Å². The van der Waals surface area contributed by atoms with Crippen molar-refractivity contribution in [3.8, 4) is 33.8 Å². The molecular weight excluding hydrogens is 607 g/mol. The molecular formula is C45H33BN2Si. The summed E-state index contributed by atoms with van der Waals surface area (Å²) in [6, 6.07) is 54.9. The van der Waals surface area contributed by atoms with E-state index in [1.54, 1.807) is 0 Å². The zero-order chi connectivity index (χ0) is 32.6. The van der Waals surface area contributed by atoms with Crippen molar-refractivity contribution in [3.63, 3.8) is 0 Å². The van der Waals surface area contributed by atoms with Crippen LogP contribution in [0.3, 0.4) is 0 Å². The van der Waals surface area contributed by atoms with Gasteiger partial charge in [0.2, 0.25) is 0 Å². The molecule has 0 bridgehead atoms. The number of hydrogen-bond donors (Lipinski definition) is 0. The van der Waals surface area contributed by atoms with Gasteiger partial charge in [0.15, 0.2) is 0 Å². The molecule has 2 nitrogen and oxygen atoms in total. The first-order valence-corrected chi connectivity index (χ1v) is 20.9. The molecule has 0 atom stereocenters. The lowest BCUT2D eigenvalue weighted by Crippen LogP contribution is -2.60. The topological polar surface area (TPSA) is 9.86 Å². The second-order valence-electron chi connectivity index (χ2n) is 14.9. The first-order chi connectivity index (χ1) is 24.0. The molecule has 4 heteroatoms. The maximum atomic E-state index is 2.67. The van der Waals surface area contributed by atoms with E-state index in [0.29, 0.717) is 0 Å². The Morgan fingerprint density at radius 3 is 1.88 bits per heavy atom. The van der Waals surface area contributed by atoms with Gasteiger partial charge >= 0.3 is 0 Å². The molecule has 49 heavy (non-hydrogen) atoms. The molecule has 0 saturated heterocycles. The van der Waals surface area contributed by atoms with E-state index in [-0.39, 0.29) is 6.71 Å². The molecule has 2 aliphatic heterocycles. The summed E-state index contributed by atoms with van der Waals surface area (Å²) in [6.45, 7) is 7.57. The van der Waals surface area contributed by atoms with Crippen LogP contribution < -0.4 is 21.6 Å². The van der Waals surface area contributed by atoms with Crippen LogP contribution in [0.15, 0.2) is 146 Å². The Hall–Kier alpha value is -5.58. The number of fused-ring (bicyclic) bond motifs is 9. The van der Waals surface area contributed by atoms with Crippen LogP contribution in [0.5, 0.6) is 0 Å². The summed E-state index contributed by atoms with van der Waals surface area (Å²) in [5.74, 6) is 0. The minimum atomic E-state index is -1.76. The third kappa shape index (κ3) is 3.52. The van der Waals surface area contributed by atoms with Crippen LogP contribution in [0, 0.1) is 0 Å². The van der Waals surface area contributed by atoms with E-state index in [1.807, 2.05) is 0 Å². The maximum Gasteiger partial charge on any atom is 0.253 e. The summed E-state index contributed by atoms with van der Waals surface area (Å²) in [5.41, 5.74) is 16.0. The fraction of sp³-hybridized carbons (Fsp3) is 0.0667. The summed E-state index contributed by atoms with van der Waals surface area (Å²) in [4.78, 5) is 0. The van der Waals surface area contributed by atoms with Crippen molar-refractivity contribution in [2.45, 2.75) is 19.6 Å². The molecule has 9 aromatic rings. The molecule has 0 N–H and O–H groups in total. The van der Waals surface area contributed by atoms with Gasteiger partial charge in [-0.1, -0.05) is 146 Å². The van der Waals surface area contributed by atoms with Gasteiger partial charge < -0.3 is 9.13 Å². The molecule has 0 unspecified atom stereocenters. The smallest absolute Gasteiger partial charge is 0.253 e. The van der Waals surface area contributed by atoms with E-state index in [0.717, 1.165) is 0 Å². The van der Waals surface area contributed by atoms with E-state index in [9.17, 15) is 0 Å². The second-order valence-corrected chi connectivity index (χ2v) is 20.0. The van der Waals surface area contributed by atoms with Gasteiger partial charge in [0.05, 0.1) is 24.8 Å². The van der Waals surface area contributed by atoms with Gasteiger partial charge in [0.25, 0.3) is 6.71 Å². The largest absolute Gasteiger partial charge is 0.310 e. The van der Waals surface area contributed by atoms with Crippen molar-refractivity contribution in [2.24, 2.45) is 0 Å². The molecule has 0 fully saturated rings. The van der Waals surface area contributed by atoms with E-state index in [2.05, 4.69) is 174 Å². The standard InChI is InChI=1S/C45H33BN2Si/c1-49(2,3)31-26-38-42-39(27-31)48-43(29-17-8-5-9-18-29)40(28-15-6-4-7-16-28)35-25-30-19-10-11-20-32(30)41(45(35)48)46(42)36-23-14-22-34-33-21-12-13-24-37(33)47(38)44(34)36/h4-27H,1-3H3. The van der Waals surface area contributed by atoms with E-state index < -0.39 is 8.07 Å². The van der Waals surface area contributed by atoms with Crippen LogP contribution in [0.1, 0.15) is 0 Å². The highest BCUT2D eigenvalue weighted by molar-refractivity contribution is 7.02. The Bertz CT molecular complexity index is 2860. The van der Waals surface area contributed by atoms with Crippen LogP contribution in [0.2, 0.25) is 19.6 Å². The molecule has 2 aromatic heterocycles. The fourth-order valence-electron chi connectivity index (χ4n) is 9.15. The van der Waals surface area contributed by atoms with Gasteiger partial charge in [-0.05, 0) is 62.6 Å². The van der Waals surface area contributed by atoms with E-state index >= 15 is 0 Å². The predicted molar refractivity (Wildman–Crippen MR) is 214 cm³/mol. The zero-order valence-electron chi connectivity index (χ0n) is 27.8. The Labute approximate surface area is 287 Å². The van der Waals surface area contributed by atoms with E-state index in [4.69, 9.17) is 0 Å². The van der Waals surface area contributed by atoms with Crippen molar-refractivity contribution in [1.82, 2.24) is 9.13 Å². The monoisotopic (exact) mass is 640 g/mol. The van der Waals surface area contributed by atoms with Gasteiger partial charge in [-0.25, -0.2) is 0 Å². The maximum absolute atomic E-state index is 2.67. The average molecular weight is 641 g/mol. The van der Waals surface area contributed by atoms with Crippen molar-refractivity contribution >= 4 is 79.8 Å².